The summed E-state index contributed by atoms with van der Waals surface area (Å²) < 4.78 is 5.25. The number of methoxy groups -OCH3 is 1. The molecule has 1 aromatic heterocycles. The van der Waals surface area contributed by atoms with Crippen LogP contribution in [0, 0.1) is 6.42 Å². The van der Waals surface area contributed by atoms with Crippen LogP contribution in [0.25, 0.3) is 0 Å². The van der Waals surface area contributed by atoms with Gasteiger partial charge in [0, 0.05) is 31.1 Å². The molecule has 2 N–H and O–H groups in total. The second-order valence-corrected chi connectivity index (χ2v) is 3.47. The van der Waals surface area contributed by atoms with Crippen molar-refractivity contribution in [2.24, 2.45) is 0 Å². The molecule has 71 valence electrons. The van der Waals surface area contributed by atoms with Gasteiger partial charge in [0.2, 0.25) is 0 Å². The van der Waals surface area contributed by atoms with Crippen LogP contribution in [0.2, 0.25) is 0 Å². The number of anilines is 1. The molecule has 0 spiro atoms. The molecule has 1 radical (unpaired) electrons. The SMILES string of the molecule is COC(C)(C)[CH]c1cc(N)ccn1. The molecule has 3 heteroatoms. The lowest BCUT2D eigenvalue weighted by Crippen LogP contribution is -2.23. The van der Waals surface area contributed by atoms with E-state index < -0.39 is 0 Å². The third-order valence-electron chi connectivity index (χ3n) is 1.83. The molecule has 0 unspecified atom stereocenters. The van der Waals surface area contributed by atoms with Crippen LogP contribution >= 0.6 is 0 Å². The van der Waals surface area contributed by atoms with Gasteiger partial charge in [0.1, 0.15) is 0 Å². The van der Waals surface area contributed by atoms with Gasteiger partial charge in [0.05, 0.1) is 5.60 Å². The predicted octanol–water partition coefficient (Wildman–Crippen LogP) is 1.64. The Kier molecular flexibility index (Phi) is 2.88. The summed E-state index contributed by atoms with van der Waals surface area (Å²) in [5.74, 6) is 0. The van der Waals surface area contributed by atoms with E-state index in [0.717, 1.165) is 5.69 Å². The van der Waals surface area contributed by atoms with E-state index >= 15 is 0 Å². The molecule has 0 atom stereocenters. The van der Waals surface area contributed by atoms with Crippen LogP contribution in [-0.2, 0) is 4.74 Å². The van der Waals surface area contributed by atoms with Gasteiger partial charge in [-0.25, -0.2) is 0 Å². The number of rotatable bonds is 3. The fourth-order valence-electron chi connectivity index (χ4n) is 0.960. The molecule has 0 bridgehead atoms. The molecule has 0 aromatic carbocycles. The average molecular weight is 179 g/mol. The molecule has 0 fully saturated rings. The number of pyridine rings is 1. The maximum absolute atomic E-state index is 5.62. The minimum Gasteiger partial charge on any atom is -0.399 e. The van der Waals surface area contributed by atoms with E-state index in [9.17, 15) is 0 Å². The van der Waals surface area contributed by atoms with Crippen LogP contribution in [0.5, 0.6) is 0 Å². The Morgan fingerprint density at radius 3 is 2.77 bits per heavy atom. The van der Waals surface area contributed by atoms with Crippen molar-refractivity contribution in [1.29, 1.82) is 0 Å². The van der Waals surface area contributed by atoms with Crippen LogP contribution in [0.4, 0.5) is 5.69 Å². The molecule has 1 rings (SSSR count). The Balaban J connectivity index is 2.74. The van der Waals surface area contributed by atoms with Crippen molar-refractivity contribution in [3.8, 4) is 0 Å². The third kappa shape index (κ3) is 3.03. The number of nitrogens with two attached hydrogens (primary N) is 1. The molecule has 0 saturated heterocycles. The average Bonchev–Trinajstić information content (AvgIpc) is 2.03. The summed E-state index contributed by atoms with van der Waals surface area (Å²) in [7, 11) is 1.67. The molecular formula is C10H15N2O. The summed E-state index contributed by atoms with van der Waals surface area (Å²) in [6.45, 7) is 3.94. The molecule has 0 aliphatic heterocycles. The number of ether oxygens (including phenoxy) is 1. The van der Waals surface area contributed by atoms with E-state index in [4.69, 9.17) is 10.5 Å². The first-order valence-corrected chi connectivity index (χ1v) is 4.16. The highest BCUT2D eigenvalue weighted by atomic mass is 16.5. The Morgan fingerprint density at radius 2 is 2.23 bits per heavy atom. The molecule has 0 aliphatic carbocycles. The van der Waals surface area contributed by atoms with Gasteiger partial charge >= 0.3 is 0 Å². The molecule has 3 nitrogen and oxygen atoms in total. The molecular weight excluding hydrogens is 164 g/mol. The monoisotopic (exact) mass is 179 g/mol. The van der Waals surface area contributed by atoms with E-state index in [1.54, 1.807) is 19.4 Å². The Bertz CT molecular complexity index is 284. The number of nitrogen functional groups attached to an aromatic ring is 1. The molecule has 1 aromatic rings. The molecule has 0 saturated carbocycles. The largest absolute Gasteiger partial charge is 0.399 e. The zero-order chi connectivity index (χ0) is 9.90. The fourth-order valence-corrected chi connectivity index (χ4v) is 0.960. The molecule has 0 aliphatic rings. The standard InChI is InChI=1S/C10H15N2O/c1-10(2,13-3)7-9-6-8(11)4-5-12-9/h4-7H,1-3H3,(H2,11,12). The van der Waals surface area contributed by atoms with Crippen LogP contribution < -0.4 is 5.73 Å². The lowest BCUT2D eigenvalue weighted by Gasteiger charge is -2.21. The number of nitrogens with zero attached hydrogens (tertiary/aromatic N) is 1. The quantitative estimate of drug-likeness (QED) is 0.767. The summed E-state index contributed by atoms with van der Waals surface area (Å²) in [5.41, 5.74) is 6.87. The van der Waals surface area contributed by atoms with Crippen molar-refractivity contribution in [1.82, 2.24) is 4.98 Å². The van der Waals surface area contributed by atoms with Crippen LogP contribution in [-0.4, -0.2) is 17.7 Å². The third-order valence-corrected chi connectivity index (χ3v) is 1.83. The minimum absolute atomic E-state index is 0.305. The summed E-state index contributed by atoms with van der Waals surface area (Å²) in [6.07, 6.45) is 3.62. The van der Waals surface area contributed by atoms with Gasteiger partial charge in [-0.2, -0.15) is 0 Å². The lowest BCUT2D eigenvalue weighted by molar-refractivity contribution is 0.0537. The number of hydrogen-bond donors (Lipinski definition) is 1. The first-order chi connectivity index (χ1) is 6.03. The van der Waals surface area contributed by atoms with Crippen LogP contribution in [0.3, 0.4) is 0 Å². The van der Waals surface area contributed by atoms with Crippen molar-refractivity contribution in [2.45, 2.75) is 19.4 Å². The number of aromatic nitrogens is 1. The highest BCUT2D eigenvalue weighted by molar-refractivity contribution is 5.39. The number of hydrogen-bond acceptors (Lipinski definition) is 3. The fraction of sp³-hybridized carbons (Fsp3) is 0.400. The van der Waals surface area contributed by atoms with E-state index in [2.05, 4.69) is 4.98 Å². The zero-order valence-electron chi connectivity index (χ0n) is 8.24. The van der Waals surface area contributed by atoms with Gasteiger partial charge in [0.25, 0.3) is 0 Å². The Morgan fingerprint density at radius 1 is 1.54 bits per heavy atom. The van der Waals surface area contributed by atoms with Crippen molar-refractivity contribution in [2.75, 3.05) is 12.8 Å². The smallest absolute Gasteiger partial charge is 0.0713 e. The summed E-state index contributed by atoms with van der Waals surface area (Å²) in [4.78, 5) is 4.16. The van der Waals surface area contributed by atoms with Crippen LogP contribution in [0.1, 0.15) is 19.5 Å². The van der Waals surface area contributed by atoms with Crippen molar-refractivity contribution in [3.05, 3.63) is 30.4 Å². The summed E-state index contributed by atoms with van der Waals surface area (Å²) in [6, 6.07) is 3.58. The topological polar surface area (TPSA) is 48.1 Å². The first-order valence-electron chi connectivity index (χ1n) is 4.16. The lowest BCUT2D eigenvalue weighted by atomic mass is 10.0. The molecule has 13 heavy (non-hydrogen) atoms. The van der Waals surface area contributed by atoms with E-state index in [1.807, 2.05) is 26.3 Å². The Labute approximate surface area is 78.9 Å². The van der Waals surface area contributed by atoms with Gasteiger partial charge < -0.3 is 10.5 Å². The van der Waals surface area contributed by atoms with Gasteiger partial charge in [-0.15, -0.1) is 0 Å². The Hall–Kier alpha value is -1.09. The predicted molar refractivity (Wildman–Crippen MR) is 53.1 cm³/mol. The van der Waals surface area contributed by atoms with E-state index in [0.29, 0.717) is 5.69 Å². The van der Waals surface area contributed by atoms with Crippen molar-refractivity contribution < 1.29 is 4.74 Å². The summed E-state index contributed by atoms with van der Waals surface area (Å²) in [5, 5.41) is 0. The second kappa shape index (κ2) is 3.75. The van der Waals surface area contributed by atoms with Gasteiger partial charge in [-0.3, -0.25) is 4.98 Å². The van der Waals surface area contributed by atoms with E-state index in [1.165, 1.54) is 0 Å². The van der Waals surface area contributed by atoms with Gasteiger partial charge in [0.15, 0.2) is 0 Å². The highest BCUT2D eigenvalue weighted by Gasteiger charge is 2.18. The van der Waals surface area contributed by atoms with Gasteiger partial charge in [-0.05, 0) is 26.0 Å². The normalized spacial score (nSPS) is 11.6. The van der Waals surface area contributed by atoms with E-state index in [-0.39, 0.29) is 5.60 Å². The summed E-state index contributed by atoms with van der Waals surface area (Å²) >= 11 is 0. The zero-order valence-corrected chi connectivity index (χ0v) is 8.24. The van der Waals surface area contributed by atoms with Gasteiger partial charge in [-0.1, -0.05) is 0 Å². The maximum Gasteiger partial charge on any atom is 0.0713 e. The molecule has 0 amide bonds. The van der Waals surface area contributed by atoms with Crippen molar-refractivity contribution in [3.63, 3.8) is 0 Å². The molecule has 1 heterocycles. The maximum atomic E-state index is 5.62. The van der Waals surface area contributed by atoms with Crippen LogP contribution in [0.15, 0.2) is 18.3 Å². The second-order valence-electron chi connectivity index (χ2n) is 3.47. The minimum atomic E-state index is -0.305. The van der Waals surface area contributed by atoms with Crippen molar-refractivity contribution >= 4 is 5.69 Å². The highest BCUT2D eigenvalue weighted by Crippen LogP contribution is 2.17. The first kappa shape index (κ1) is 9.99.